The second-order valence-corrected chi connectivity index (χ2v) is 7.88. The molecule has 0 aliphatic carbocycles. The first-order valence-corrected chi connectivity index (χ1v) is 9.93. The molecule has 0 amide bonds. The number of hydrogen-bond donors (Lipinski definition) is 1. The Morgan fingerprint density at radius 2 is 1.52 bits per heavy atom. The molecule has 1 saturated heterocycles. The molecule has 0 atom stereocenters. The van der Waals surface area contributed by atoms with E-state index in [1.54, 1.807) is 36.4 Å². The van der Waals surface area contributed by atoms with Crippen LogP contribution in [0.25, 0.3) is 0 Å². The molecule has 1 heterocycles. The topological polar surface area (TPSA) is 108 Å². The predicted octanol–water partition coefficient (Wildman–Crippen LogP) is 3.62. The van der Waals surface area contributed by atoms with Gasteiger partial charge in [-0.05, 0) is 36.4 Å². The average molecular weight is 488 g/mol. The van der Waals surface area contributed by atoms with E-state index in [-0.39, 0.29) is 23.5 Å². The number of benzene rings is 2. The van der Waals surface area contributed by atoms with E-state index in [2.05, 4.69) is 21.2 Å². The van der Waals surface area contributed by atoms with Gasteiger partial charge in [-0.1, -0.05) is 28.1 Å². The summed E-state index contributed by atoms with van der Waals surface area (Å²) < 4.78 is 15.9. The molecule has 1 fully saturated rings. The fraction of sp³-hybridized carbons (Fsp3) is 0.182. The SMILES string of the molecule is CC1(C)OC(=O)C(=CNc2ccc(C(=O)OCC(=O)c3ccc(Br)cc3)cc2)C(=O)O1. The van der Waals surface area contributed by atoms with Crippen LogP contribution >= 0.6 is 15.9 Å². The van der Waals surface area contributed by atoms with Crippen LogP contribution < -0.4 is 5.32 Å². The zero-order chi connectivity index (χ0) is 22.6. The van der Waals surface area contributed by atoms with E-state index in [1.165, 1.54) is 32.2 Å². The van der Waals surface area contributed by atoms with E-state index in [0.717, 1.165) is 4.47 Å². The quantitative estimate of drug-likeness (QED) is 0.284. The number of cyclic esters (lactones) is 2. The third kappa shape index (κ3) is 5.79. The summed E-state index contributed by atoms with van der Waals surface area (Å²) in [5.74, 6) is -3.89. The summed E-state index contributed by atoms with van der Waals surface area (Å²) in [5.41, 5.74) is 0.890. The number of ether oxygens (including phenoxy) is 3. The van der Waals surface area contributed by atoms with Gasteiger partial charge in [-0.25, -0.2) is 14.4 Å². The summed E-state index contributed by atoms with van der Waals surface area (Å²) in [6.07, 6.45) is 1.17. The van der Waals surface area contributed by atoms with Gasteiger partial charge in [0.05, 0.1) is 5.56 Å². The summed E-state index contributed by atoms with van der Waals surface area (Å²) in [6, 6.07) is 12.8. The molecule has 8 nitrogen and oxygen atoms in total. The Hall–Kier alpha value is -3.46. The number of anilines is 1. The lowest BCUT2D eigenvalue weighted by Gasteiger charge is -2.29. The molecule has 3 rings (SSSR count). The van der Waals surface area contributed by atoms with Crippen LogP contribution in [-0.2, 0) is 23.8 Å². The van der Waals surface area contributed by atoms with Crippen LogP contribution in [0, 0.1) is 0 Å². The van der Waals surface area contributed by atoms with Crippen molar-refractivity contribution >= 4 is 45.3 Å². The molecule has 1 aliphatic rings. The second kappa shape index (κ2) is 9.13. The molecule has 0 spiro atoms. The molecule has 2 aromatic rings. The maximum atomic E-state index is 12.2. The zero-order valence-corrected chi connectivity index (χ0v) is 18.2. The Morgan fingerprint density at radius 3 is 2.10 bits per heavy atom. The van der Waals surface area contributed by atoms with Gasteiger partial charge in [-0.15, -0.1) is 0 Å². The number of nitrogens with one attached hydrogen (secondary N) is 1. The predicted molar refractivity (Wildman–Crippen MR) is 113 cm³/mol. The standard InChI is InChI=1S/C22H18BrNO7/c1-22(2)30-20(27)17(21(28)31-22)11-24-16-9-5-14(6-10-16)19(26)29-12-18(25)13-3-7-15(23)8-4-13/h3-11,24H,12H2,1-2H3. The molecule has 0 unspecified atom stereocenters. The maximum absolute atomic E-state index is 12.2. The van der Waals surface area contributed by atoms with Gasteiger partial charge >= 0.3 is 17.9 Å². The monoisotopic (exact) mass is 487 g/mol. The lowest BCUT2D eigenvalue weighted by atomic mass is 10.1. The number of esters is 3. The van der Waals surface area contributed by atoms with Crippen molar-refractivity contribution in [2.24, 2.45) is 0 Å². The van der Waals surface area contributed by atoms with Gasteiger partial charge in [0.1, 0.15) is 0 Å². The minimum absolute atomic E-state index is 0.236. The highest BCUT2D eigenvalue weighted by Crippen LogP contribution is 2.23. The summed E-state index contributed by atoms with van der Waals surface area (Å²) in [5, 5.41) is 2.77. The van der Waals surface area contributed by atoms with Crippen LogP contribution in [0.1, 0.15) is 34.6 Å². The molecule has 0 saturated carbocycles. The molecule has 9 heteroatoms. The van der Waals surface area contributed by atoms with Crippen LogP contribution in [0.15, 0.2) is 64.8 Å². The van der Waals surface area contributed by atoms with E-state index < -0.39 is 23.7 Å². The van der Waals surface area contributed by atoms with Crippen molar-refractivity contribution in [3.8, 4) is 0 Å². The first-order valence-electron chi connectivity index (χ1n) is 9.14. The summed E-state index contributed by atoms with van der Waals surface area (Å²) >= 11 is 3.29. The Morgan fingerprint density at radius 1 is 0.968 bits per heavy atom. The third-order valence-electron chi connectivity index (χ3n) is 4.12. The maximum Gasteiger partial charge on any atom is 0.350 e. The van der Waals surface area contributed by atoms with E-state index in [4.69, 9.17) is 14.2 Å². The van der Waals surface area contributed by atoms with Gasteiger partial charge in [0.25, 0.3) is 5.79 Å². The smallest absolute Gasteiger partial charge is 0.350 e. The number of hydrogen-bond acceptors (Lipinski definition) is 8. The summed E-state index contributed by atoms with van der Waals surface area (Å²) in [7, 11) is 0. The van der Waals surface area contributed by atoms with Gasteiger partial charge in [0.2, 0.25) is 0 Å². The van der Waals surface area contributed by atoms with Gasteiger partial charge in [0, 0.05) is 35.8 Å². The van der Waals surface area contributed by atoms with Crippen molar-refractivity contribution in [3.05, 3.63) is 75.9 Å². The van der Waals surface area contributed by atoms with Crippen molar-refractivity contribution in [1.82, 2.24) is 0 Å². The summed E-state index contributed by atoms with van der Waals surface area (Å²) in [6.45, 7) is 2.53. The van der Waals surface area contributed by atoms with E-state index >= 15 is 0 Å². The number of Topliss-reactive ketones (excluding diaryl/α,β-unsaturated/α-hetero) is 1. The first-order chi connectivity index (χ1) is 14.6. The molecular formula is C22H18BrNO7. The van der Waals surface area contributed by atoms with Crippen molar-refractivity contribution in [3.63, 3.8) is 0 Å². The van der Waals surface area contributed by atoms with Gasteiger partial charge in [-0.2, -0.15) is 0 Å². The minimum Gasteiger partial charge on any atom is -0.454 e. The fourth-order valence-electron chi connectivity index (χ4n) is 2.57. The third-order valence-corrected chi connectivity index (χ3v) is 4.65. The molecule has 1 N–H and O–H groups in total. The van der Waals surface area contributed by atoms with Crippen LogP contribution in [0.5, 0.6) is 0 Å². The van der Waals surface area contributed by atoms with Crippen LogP contribution in [0.3, 0.4) is 0 Å². The lowest BCUT2D eigenvalue weighted by Crippen LogP contribution is -2.42. The highest BCUT2D eigenvalue weighted by Gasteiger charge is 2.38. The Kier molecular flexibility index (Phi) is 6.55. The Bertz CT molecular complexity index is 1030. The van der Waals surface area contributed by atoms with Crippen molar-refractivity contribution in [1.29, 1.82) is 0 Å². The van der Waals surface area contributed by atoms with E-state index in [9.17, 15) is 19.2 Å². The van der Waals surface area contributed by atoms with Crippen molar-refractivity contribution in [2.75, 3.05) is 11.9 Å². The molecule has 2 aromatic carbocycles. The van der Waals surface area contributed by atoms with Gasteiger partial charge in [-0.3, -0.25) is 4.79 Å². The molecule has 0 radical (unpaired) electrons. The highest BCUT2D eigenvalue weighted by molar-refractivity contribution is 9.10. The van der Waals surface area contributed by atoms with Crippen LogP contribution in [0.2, 0.25) is 0 Å². The fourth-order valence-corrected chi connectivity index (χ4v) is 2.83. The number of halogens is 1. The number of carbonyl (C=O) groups is 4. The van der Waals surface area contributed by atoms with Crippen molar-refractivity contribution < 1.29 is 33.4 Å². The second-order valence-electron chi connectivity index (χ2n) is 6.96. The lowest BCUT2D eigenvalue weighted by molar-refractivity contribution is -0.222. The average Bonchev–Trinajstić information content (AvgIpc) is 2.71. The van der Waals surface area contributed by atoms with Gasteiger partial charge in [0.15, 0.2) is 18.0 Å². The first kappa shape index (κ1) is 22.2. The normalized spacial score (nSPS) is 14.9. The number of ketones is 1. The molecule has 31 heavy (non-hydrogen) atoms. The summed E-state index contributed by atoms with van der Waals surface area (Å²) in [4.78, 5) is 48.1. The largest absolute Gasteiger partial charge is 0.454 e. The molecule has 160 valence electrons. The minimum atomic E-state index is -1.31. The van der Waals surface area contributed by atoms with Crippen LogP contribution in [0.4, 0.5) is 5.69 Å². The Balaban J connectivity index is 1.56. The zero-order valence-electron chi connectivity index (χ0n) is 16.6. The van der Waals surface area contributed by atoms with E-state index in [0.29, 0.717) is 11.3 Å². The number of rotatable bonds is 6. The molecule has 1 aliphatic heterocycles. The van der Waals surface area contributed by atoms with Crippen LogP contribution in [-0.4, -0.2) is 36.1 Å². The van der Waals surface area contributed by atoms with Gasteiger partial charge < -0.3 is 19.5 Å². The molecule has 0 bridgehead atoms. The highest BCUT2D eigenvalue weighted by atomic mass is 79.9. The molecule has 0 aromatic heterocycles. The van der Waals surface area contributed by atoms with E-state index in [1.807, 2.05) is 0 Å². The Labute approximate surface area is 186 Å². The molecular weight excluding hydrogens is 470 g/mol. The number of carbonyl (C=O) groups excluding carboxylic acids is 4. The van der Waals surface area contributed by atoms with Crippen molar-refractivity contribution in [2.45, 2.75) is 19.6 Å².